The summed E-state index contributed by atoms with van der Waals surface area (Å²) in [5, 5.41) is 0. The lowest BCUT2D eigenvalue weighted by atomic mass is 10.1. The van der Waals surface area contributed by atoms with Gasteiger partial charge in [-0.15, -0.1) is 0 Å². The Morgan fingerprint density at radius 3 is 2.76 bits per heavy atom. The van der Waals surface area contributed by atoms with Crippen LogP contribution in [0.4, 0.5) is 0 Å². The molecule has 0 spiro atoms. The smallest absolute Gasteiger partial charge is 0.124 e. The molecule has 2 N–H and O–H groups in total. The van der Waals surface area contributed by atoms with Gasteiger partial charge in [-0.1, -0.05) is 34.1 Å². The predicted octanol–water partition coefficient (Wildman–Crippen LogP) is 4.54. The molecular weight excluding hydrogens is 326 g/mol. The molecule has 1 aliphatic carbocycles. The van der Waals surface area contributed by atoms with Crippen molar-refractivity contribution in [2.24, 2.45) is 5.73 Å². The summed E-state index contributed by atoms with van der Waals surface area (Å²) in [6.45, 7) is 2.57. The van der Waals surface area contributed by atoms with E-state index in [4.69, 9.17) is 10.5 Å². The number of ether oxygens (including phenoxy) is 1. The fraction of sp³-hybridized carbons (Fsp3) is 0.333. The number of rotatable bonds is 4. The van der Waals surface area contributed by atoms with Gasteiger partial charge >= 0.3 is 0 Å². The maximum Gasteiger partial charge on any atom is 0.124 e. The molecule has 1 atom stereocenters. The quantitative estimate of drug-likeness (QED) is 0.882. The highest BCUT2D eigenvalue weighted by molar-refractivity contribution is 9.10. The van der Waals surface area contributed by atoms with Crippen LogP contribution in [0, 0.1) is 0 Å². The van der Waals surface area contributed by atoms with Crippen molar-refractivity contribution in [3.8, 4) is 5.75 Å². The summed E-state index contributed by atoms with van der Waals surface area (Å²) in [7, 11) is 0. The van der Waals surface area contributed by atoms with Gasteiger partial charge in [0.2, 0.25) is 0 Å². The maximum atomic E-state index is 6.03. The number of hydrogen-bond acceptors (Lipinski definition) is 2. The van der Waals surface area contributed by atoms with E-state index in [1.165, 1.54) is 36.0 Å². The Labute approximate surface area is 134 Å². The molecular formula is C18H20BrNO. The lowest BCUT2D eigenvalue weighted by Gasteiger charge is -2.15. The van der Waals surface area contributed by atoms with E-state index in [0.717, 1.165) is 15.8 Å². The Bertz CT molecular complexity index is 652. The number of nitrogens with two attached hydrogens (primary N) is 1. The van der Waals surface area contributed by atoms with Crippen LogP contribution in [-0.4, -0.2) is 0 Å². The molecule has 2 aromatic rings. The molecule has 0 aromatic heterocycles. The zero-order valence-electron chi connectivity index (χ0n) is 12.2. The van der Waals surface area contributed by atoms with E-state index < -0.39 is 0 Å². The lowest BCUT2D eigenvalue weighted by molar-refractivity contribution is 0.301. The predicted molar refractivity (Wildman–Crippen MR) is 89.5 cm³/mol. The van der Waals surface area contributed by atoms with E-state index >= 15 is 0 Å². The Morgan fingerprint density at radius 1 is 1.14 bits per heavy atom. The topological polar surface area (TPSA) is 35.2 Å². The van der Waals surface area contributed by atoms with Crippen LogP contribution in [0.3, 0.4) is 0 Å². The van der Waals surface area contributed by atoms with Crippen molar-refractivity contribution in [3.05, 3.63) is 63.1 Å². The summed E-state index contributed by atoms with van der Waals surface area (Å²) in [5.74, 6) is 0.869. The summed E-state index contributed by atoms with van der Waals surface area (Å²) in [5.41, 5.74) is 11.3. The summed E-state index contributed by atoms with van der Waals surface area (Å²) >= 11 is 3.48. The molecule has 3 heteroatoms. The molecule has 3 rings (SSSR count). The summed E-state index contributed by atoms with van der Waals surface area (Å²) < 4.78 is 7.03. The van der Waals surface area contributed by atoms with Crippen LogP contribution in [0.15, 0.2) is 40.9 Å². The number of fused-ring (bicyclic) bond motifs is 1. The molecule has 21 heavy (non-hydrogen) atoms. The Hall–Kier alpha value is -1.32. The molecule has 0 saturated carbocycles. The third-order valence-corrected chi connectivity index (χ3v) is 4.51. The molecule has 0 aliphatic heterocycles. The Kier molecular flexibility index (Phi) is 4.32. The van der Waals surface area contributed by atoms with Crippen molar-refractivity contribution in [2.75, 3.05) is 0 Å². The first-order valence-corrected chi connectivity index (χ1v) is 8.21. The van der Waals surface area contributed by atoms with Crippen LogP contribution in [0.1, 0.15) is 41.6 Å². The van der Waals surface area contributed by atoms with Gasteiger partial charge in [-0.3, -0.25) is 0 Å². The molecule has 1 unspecified atom stereocenters. The SMILES string of the molecule is CC(N)c1cc(Br)ccc1OCc1ccc2c(c1)CCC2. The van der Waals surface area contributed by atoms with Crippen molar-refractivity contribution in [1.29, 1.82) is 0 Å². The molecule has 0 bridgehead atoms. The van der Waals surface area contributed by atoms with E-state index in [1.807, 2.05) is 25.1 Å². The van der Waals surface area contributed by atoms with Crippen LogP contribution in [0.5, 0.6) is 5.75 Å². The molecule has 0 amide bonds. The fourth-order valence-electron chi connectivity index (χ4n) is 2.88. The van der Waals surface area contributed by atoms with Crippen LogP contribution in [0.25, 0.3) is 0 Å². The fourth-order valence-corrected chi connectivity index (χ4v) is 3.26. The van der Waals surface area contributed by atoms with Gasteiger partial charge in [-0.2, -0.15) is 0 Å². The molecule has 2 nitrogen and oxygen atoms in total. The normalized spacial score (nSPS) is 14.8. The zero-order valence-corrected chi connectivity index (χ0v) is 13.8. The van der Waals surface area contributed by atoms with Crippen LogP contribution < -0.4 is 10.5 Å². The lowest BCUT2D eigenvalue weighted by Crippen LogP contribution is -2.08. The van der Waals surface area contributed by atoms with Gasteiger partial charge in [0.25, 0.3) is 0 Å². The van der Waals surface area contributed by atoms with Crippen LogP contribution >= 0.6 is 15.9 Å². The highest BCUT2D eigenvalue weighted by Gasteiger charge is 2.12. The minimum Gasteiger partial charge on any atom is -0.489 e. The minimum absolute atomic E-state index is 0.0440. The van der Waals surface area contributed by atoms with Gasteiger partial charge in [0.15, 0.2) is 0 Å². The van der Waals surface area contributed by atoms with E-state index in [1.54, 1.807) is 0 Å². The first kappa shape index (κ1) is 14.6. The third kappa shape index (κ3) is 3.30. The average molecular weight is 346 g/mol. The van der Waals surface area contributed by atoms with Gasteiger partial charge in [0, 0.05) is 16.1 Å². The van der Waals surface area contributed by atoms with Crippen molar-refractivity contribution < 1.29 is 4.74 Å². The highest BCUT2D eigenvalue weighted by atomic mass is 79.9. The molecule has 2 aromatic carbocycles. The number of hydrogen-bond donors (Lipinski definition) is 1. The van der Waals surface area contributed by atoms with Gasteiger partial charge in [-0.05, 0) is 61.1 Å². The van der Waals surface area contributed by atoms with Crippen LogP contribution in [0.2, 0.25) is 0 Å². The van der Waals surface area contributed by atoms with Crippen LogP contribution in [-0.2, 0) is 19.4 Å². The molecule has 0 saturated heterocycles. The summed E-state index contributed by atoms with van der Waals surface area (Å²) in [4.78, 5) is 0. The molecule has 110 valence electrons. The Balaban J connectivity index is 1.76. The van der Waals surface area contributed by atoms with Gasteiger partial charge in [0.05, 0.1) is 0 Å². The van der Waals surface area contributed by atoms with Crippen molar-refractivity contribution >= 4 is 15.9 Å². The van der Waals surface area contributed by atoms with E-state index in [2.05, 4.69) is 34.1 Å². The molecule has 0 radical (unpaired) electrons. The minimum atomic E-state index is -0.0440. The van der Waals surface area contributed by atoms with E-state index in [0.29, 0.717) is 6.61 Å². The first-order chi connectivity index (χ1) is 10.1. The standard InChI is InChI=1S/C18H20BrNO/c1-12(20)17-10-16(19)7-8-18(17)21-11-13-5-6-14-3-2-4-15(14)9-13/h5-10,12H,2-4,11,20H2,1H3. The largest absolute Gasteiger partial charge is 0.489 e. The van der Waals surface area contributed by atoms with Gasteiger partial charge < -0.3 is 10.5 Å². The number of halogens is 1. The van der Waals surface area contributed by atoms with Gasteiger partial charge in [-0.25, -0.2) is 0 Å². The first-order valence-electron chi connectivity index (χ1n) is 7.42. The summed E-state index contributed by atoms with van der Waals surface area (Å²) in [6, 6.07) is 12.7. The zero-order chi connectivity index (χ0) is 14.8. The second-order valence-electron chi connectivity index (χ2n) is 5.72. The Morgan fingerprint density at radius 2 is 1.95 bits per heavy atom. The van der Waals surface area contributed by atoms with E-state index in [-0.39, 0.29) is 6.04 Å². The second kappa shape index (κ2) is 6.20. The number of aryl methyl sites for hydroxylation is 2. The second-order valence-corrected chi connectivity index (χ2v) is 6.63. The molecule has 0 fully saturated rings. The third-order valence-electron chi connectivity index (χ3n) is 4.02. The monoisotopic (exact) mass is 345 g/mol. The molecule has 1 aliphatic rings. The van der Waals surface area contributed by atoms with Crippen molar-refractivity contribution in [3.63, 3.8) is 0 Å². The summed E-state index contributed by atoms with van der Waals surface area (Å²) in [6.07, 6.45) is 3.70. The maximum absolute atomic E-state index is 6.03. The van der Waals surface area contributed by atoms with Crippen molar-refractivity contribution in [1.82, 2.24) is 0 Å². The van der Waals surface area contributed by atoms with E-state index in [9.17, 15) is 0 Å². The highest BCUT2D eigenvalue weighted by Crippen LogP contribution is 2.29. The van der Waals surface area contributed by atoms with Crippen molar-refractivity contribution in [2.45, 2.75) is 38.8 Å². The number of benzene rings is 2. The average Bonchev–Trinajstić information content (AvgIpc) is 2.93. The molecule has 0 heterocycles. The van der Waals surface area contributed by atoms with Gasteiger partial charge in [0.1, 0.15) is 12.4 Å².